The summed E-state index contributed by atoms with van der Waals surface area (Å²) in [6.07, 6.45) is 19.6. The van der Waals surface area contributed by atoms with E-state index in [0.29, 0.717) is 13.2 Å². The van der Waals surface area contributed by atoms with E-state index in [1.54, 1.807) is 0 Å². The van der Waals surface area contributed by atoms with Gasteiger partial charge in [0.25, 0.3) is 0 Å². The zero-order chi connectivity index (χ0) is 26.0. The number of unbranched alkanes of at least 4 members (excludes halogenated alkanes) is 19. The fraction of sp³-hybridized carbons (Fsp3) is 1.00. The van der Waals surface area contributed by atoms with Crippen molar-refractivity contribution in [2.75, 3.05) is 26.4 Å². The molecule has 0 bridgehead atoms. The molecule has 0 aromatic carbocycles. The summed E-state index contributed by atoms with van der Waals surface area (Å²) in [5.74, 6) is 0. The number of rotatable bonds is 28. The summed E-state index contributed by atoms with van der Waals surface area (Å²) in [6.45, 7) is 0.0493. The Balaban J connectivity index is 3.23. The molecule has 212 valence electrons. The molecular formula is C28H58O7. The van der Waals surface area contributed by atoms with E-state index in [1.165, 1.54) is 109 Å². The molecule has 6 N–H and O–H groups in total. The quantitative estimate of drug-likeness (QED) is 0.0875. The number of aliphatic hydroxyl groups excluding tert-OH is 6. The van der Waals surface area contributed by atoms with Crippen molar-refractivity contribution in [1.29, 1.82) is 0 Å². The Kier molecular flexibility index (Phi) is 26.6. The molecule has 0 aliphatic heterocycles. The molecule has 0 fully saturated rings. The van der Waals surface area contributed by atoms with Crippen molar-refractivity contribution in [1.82, 2.24) is 0 Å². The van der Waals surface area contributed by atoms with Gasteiger partial charge in [-0.25, -0.2) is 0 Å². The van der Waals surface area contributed by atoms with Crippen LogP contribution in [0.2, 0.25) is 0 Å². The van der Waals surface area contributed by atoms with Gasteiger partial charge in [-0.15, -0.1) is 0 Å². The number of aliphatic hydroxyl groups is 6. The van der Waals surface area contributed by atoms with Gasteiger partial charge < -0.3 is 35.4 Å². The molecule has 7 nitrogen and oxygen atoms in total. The molecule has 0 radical (unpaired) electrons. The molecule has 0 aliphatic rings. The lowest BCUT2D eigenvalue weighted by Gasteiger charge is -2.25. The Morgan fingerprint density at radius 1 is 0.400 bits per heavy atom. The van der Waals surface area contributed by atoms with Crippen LogP contribution in [0.3, 0.4) is 0 Å². The van der Waals surface area contributed by atoms with Gasteiger partial charge in [0.05, 0.1) is 13.2 Å². The zero-order valence-corrected chi connectivity index (χ0v) is 22.4. The van der Waals surface area contributed by atoms with Crippen molar-refractivity contribution in [3.63, 3.8) is 0 Å². The van der Waals surface area contributed by atoms with Crippen LogP contribution in [-0.4, -0.2) is 81.5 Å². The number of hydrogen-bond acceptors (Lipinski definition) is 7. The van der Waals surface area contributed by atoms with Crippen LogP contribution >= 0.6 is 0 Å². The minimum absolute atomic E-state index is 0.108. The lowest BCUT2D eigenvalue weighted by molar-refractivity contribution is -0.129. The highest BCUT2D eigenvalue weighted by Crippen LogP contribution is 2.15. The SMILES string of the molecule is OCCCCCCCCCCCCCCCCCCCCCCOC[C@@H](O)[C@@H](O)[C@H](O)[C@H](O)CO. The molecule has 0 unspecified atom stereocenters. The van der Waals surface area contributed by atoms with Gasteiger partial charge in [-0.2, -0.15) is 0 Å². The Bertz CT molecular complexity index is 411. The molecule has 0 aromatic rings. The van der Waals surface area contributed by atoms with Crippen LogP contribution in [0.15, 0.2) is 0 Å². The molecule has 0 saturated heterocycles. The van der Waals surface area contributed by atoms with Gasteiger partial charge in [0.2, 0.25) is 0 Å². The van der Waals surface area contributed by atoms with Crippen molar-refractivity contribution in [3.8, 4) is 0 Å². The Morgan fingerprint density at radius 3 is 1.06 bits per heavy atom. The average molecular weight is 507 g/mol. The zero-order valence-electron chi connectivity index (χ0n) is 22.4. The summed E-state index contributed by atoms with van der Waals surface area (Å²) >= 11 is 0. The number of ether oxygens (including phenoxy) is 1. The van der Waals surface area contributed by atoms with Crippen LogP contribution in [0.4, 0.5) is 0 Å². The lowest BCUT2D eigenvalue weighted by Crippen LogP contribution is -2.47. The van der Waals surface area contributed by atoms with Crippen molar-refractivity contribution in [3.05, 3.63) is 0 Å². The van der Waals surface area contributed by atoms with E-state index in [9.17, 15) is 20.4 Å². The third kappa shape index (κ3) is 22.6. The van der Waals surface area contributed by atoms with Gasteiger partial charge in [-0.3, -0.25) is 0 Å². The first kappa shape index (κ1) is 34.7. The van der Waals surface area contributed by atoms with Crippen molar-refractivity contribution in [2.24, 2.45) is 0 Å². The van der Waals surface area contributed by atoms with Crippen LogP contribution in [0.1, 0.15) is 128 Å². The predicted molar refractivity (Wildman–Crippen MR) is 141 cm³/mol. The predicted octanol–water partition coefficient (Wildman–Crippen LogP) is 4.23. The van der Waals surface area contributed by atoms with E-state index in [-0.39, 0.29) is 6.61 Å². The van der Waals surface area contributed by atoms with E-state index in [1.807, 2.05) is 0 Å². The van der Waals surface area contributed by atoms with Crippen molar-refractivity contribution >= 4 is 0 Å². The van der Waals surface area contributed by atoms with Gasteiger partial charge >= 0.3 is 0 Å². The van der Waals surface area contributed by atoms with E-state index < -0.39 is 31.0 Å². The summed E-state index contributed by atoms with van der Waals surface area (Å²) in [4.78, 5) is 0. The second-order valence-corrected chi connectivity index (χ2v) is 10.2. The molecule has 0 rings (SSSR count). The van der Waals surface area contributed by atoms with Crippen LogP contribution in [0.5, 0.6) is 0 Å². The van der Waals surface area contributed by atoms with Gasteiger partial charge in [0.1, 0.15) is 24.4 Å². The second-order valence-electron chi connectivity index (χ2n) is 10.2. The van der Waals surface area contributed by atoms with E-state index in [2.05, 4.69) is 0 Å². The first-order valence-corrected chi connectivity index (χ1v) is 14.6. The highest BCUT2D eigenvalue weighted by atomic mass is 16.5. The third-order valence-electron chi connectivity index (χ3n) is 6.81. The summed E-state index contributed by atoms with van der Waals surface area (Å²) in [6, 6.07) is 0. The molecule has 0 spiro atoms. The van der Waals surface area contributed by atoms with Crippen LogP contribution in [-0.2, 0) is 4.74 Å². The fourth-order valence-corrected chi connectivity index (χ4v) is 4.36. The summed E-state index contributed by atoms with van der Waals surface area (Å²) < 4.78 is 5.35. The first-order valence-electron chi connectivity index (χ1n) is 14.6. The molecule has 0 aromatic heterocycles. The van der Waals surface area contributed by atoms with Crippen molar-refractivity contribution < 1.29 is 35.4 Å². The fourth-order valence-electron chi connectivity index (χ4n) is 4.36. The Hall–Kier alpha value is -0.280. The van der Waals surface area contributed by atoms with Gasteiger partial charge in [-0.05, 0) is 12.8 Å². The van der Waals surface area contributed by atoms with E-state index in [4.69, 9.17) is 14.9 Å². The largest absolute Gasteiger partial charge is 0.396 e. The maximum atomic E-state index is 9.77. The molecule has 0 aliphatic carbocycles. The van der Waals surface area contributed by atoms with Crippen LogP contribution < -0.4 is 0 Å². The van der Waals surface area contributed by atoms with Gasteiger partial charge in [-0.1, -0.05) is 116 Å². The summed E-state index contributed by atoms with van der Waals surface area (Å²) in [5.41, 5.74) is 0. The van der Waals surface area contributed by atoms with Gasteiger partial charge in [0.15, 0.2) is 0 Å². The molecule has 7 heteroatoms. The standard InChI is InChI=1S/C28H58O7/c29-21-19-17-15-13-11-9-7-5-3-1-2-4-6-8-10-12-14-16-18-20-22-35-24-26(32)28(34)27(33)25(31)23-30/h25-34H,1-24H2/t25-,26-,27-,28-/m1/s1. The average Bonchev–Trinajstić information content (AvgIpc) is 2.87. The molecular weight excluding hydrogens is 448 g/mol. The maximum absolute atomic E-state index is 9.77. The van der Waals surface area contributed by atoms with Crippen molar-refractivity contribution in [2.45, 2.75) is 153 Å². The smallest absolute Gasteiger partial charge is 0.111 e. The Labute approximate surface area is 214 Å². The van der Waals surface area contributed by atoms with Crippen LogP contribution in [0.25, 0.3) is 0 Å². The monoisotopic (exact) mass is 506 g/mol. The molecule has 35 heavy (non-hydrogen) atoms. The van der Waals surface area contributed by atoms with Crippen LogP contribution in [0, 0.1) is 0 Å². The first-order chi connectivity index (χ1) is 17.0. The topological polar surface area (TPSA) is 131 Å². The van der Waals surface area contributed by atoms with Gasteiger partial charge in [0, 0.05) is 13.2 Å². The summed E-state index contributed by atoms with van der Waals surface area (Å²) in [5, 5.41) is 55.8. The highest BCUT2D eigenvalue weighted by molar-refractivity contribution is 4.80. The minimum Gasteiger partial charge on any atom is -0.396 e. The van der Waals surface area contributed by atoms with E-state index >= 15 is 0 Å². The summed E-state index contributed by atoms with van der Waals surface area (Å²) in [7, 11) is 0. The highest BCUT2D eigenvalue weighted by Gasteiger charge is 2.29. The minimum atomic E-state index is -1.60. The molecule has 0 saturated carbocycles. The second kappa shape index (κ2) is 26.8. The molecule has 0 amide bonds. The number of hydrogen-bond donors (Lipinski definition) is 6. The maximum Gasteiger partial charge on any atom is 0.111 e. The normalized spacial score (nSPS) is 15.3. The molecule has 0 heterocycles. The Morgan fingerprint density at radius 2 is 0.714 bits per heavy atom. The molecule has 4 atom stereocenters. The third-order valence-corrected chi connectivity index (χ3v) is 6.81. The van der Waals surface area contributed by atoms with E-state index in [0.717, 1.165) is 19.3 Å². The lowest BCUT2D eigenvalue weighted by atomic mass is 10.0.